The van der Waals surface area contributed by atoms with Gasteiger partial charge in [-0.3, -0.25) is 4.79 Å². The molecule has 0 bridgehead atoms. The van der Waals surface area contributed by atoms with Crippen molar-refractivity contribution >= 4 is 27.3 Å². The fraction of sp³-hybridized carbons (Fsp3) is 0.462. The van der Waals surface area contributed by atoms with Crippen molar-refractivity contribution in [2.75, 3.05) is 45.8 Å². The Labute approximate surface area is 125 Å². The van der Waals surface area contributed by atoms with Crippen molar-refractivity contribution in [1.29, 1.82) is 0 Å². The van der Waals surface area contributed by atoms with E-state index in [1.807, 2.05) is 0 Å². The van der Waals surface area contributed by atoms with Gasteiger partial charge in [-0.1, -0.05) is 6.07 Å². The molecule has 8 heteroatoms. The molecule has 118 valence electrons. The van der Waals surface area contributed by atoms with Crippen LogP contribution in [0.15, 0.2) is 23.1 Å². The van der Waals surface area contributed by atoms with Crippen LogP contribution in [0.25, 0.3) is 0 Å². The molecule has 0 saturated heterocycles. The SMILES string of the molecule is CN(C)C(=O)CCNc1cccc(S(=O)(=O)N(C)C)c1N. The van der Waals surface area contributed by atoms with Gasteiger partial charge in [0, 0.05) is 41.2 Å². The van der Waals surface area contributed by atoms with E-state index in [2.05, 4.69) is 5.32 Å². The number of amides is 1. The molecule has 0 spiro atoms. The lowest BCUT2D eigenvalue weighted by Gasteiger charge is -2.16. The third kappa shape index (κ3) is 4.08. The largest absolute Gasteiger partial charge is 0.396 e. The number of hydrogen-bond acceptors (Lipinski definition) is 5. The van der Waals surface area contributed by atoms with Gasteiger partial charge in [0.25, 0.3) is 0 Å². The molecule has 1 aromatic rings. The molecule has 1 amide bonds. The summed E-state index contributed by atoms with van der Waals surface area (Å²) in [5, 5.41) is 2.99. The zero-order chi connectivity index (χ0) is 16.2. The fourth-order valence-corrected chi connectivity index (χ4v) is 2.68. The molecule has 0 aromatic heterocycles. The van der Waals surface area contributed by atoms with Gasteiger partial charge in [-0.2, -0.15) is 0 Å². The number of nitrogens with one attached hydrogen (secondary N) is 1. The van der Waals surface area contributed by atoms with Crippen LogP contribution >= 0.6 is 0 Å². The maximum atomic E-state index is 12.1. The summed E-state index contributed by atoms with van der Waals surface area (Å²) in [6, 6.07) is 4.76. The minimum atomic E-state index is -3.59. The normalized spacial score (nSPS) is 11.5. The van der Waals surface area contributed by atoms with Crippen LogP contribution in [0.3, 0.4) is 0 Å². The second-order valence-electron chi connectivity index (χ2n) is 4.97. The average Bonchev–Trinajstić information content (AvgIpc) is 2.39. The van der Waals surface area contributed by atoms with E-state index >= 15 is 0 Å². The van der Waals surface area contributed by atoms with Crippen molar-refractivity contribution in [3.8, 4) is 0 Å². The van der Waals surface area contributed by atoms with E-state index in [1.165, 1.54) is 25.1 Å². The topological polar surface area (TPSA) is 95.7 Å². The first-order chi connectivity index (χ1) is 9.67. The third-order valence-corrected chi connectivity index (χ3v) is 4.85. The van der Waals surface area contributed by atoms with Crippen molar-refractivity contribution in [2.24, 2.45) is 0 Å². The van der Waals surface area contributed by atoms with E-state index in [1.54, 1.807) is 26.2 Å². The quantitative estimate of drug-likeness (QED) is 0.742. The van der Waals surface area contributed by atoms with Crippen LogP contribution in [-0.4, -0.2) is 58.3 Å². The number of benzene rings is 1. The van der Waals surface area contributed by atoms with Gasteiger partial charge < -0.3 is 16.0 Å². The van der Waals surface area contributed by atoms with Crippen LogP contribution in [0, 0.1) is 0 Å². The van der Waals surface area contributed by atoms with Gasteiger partial charge in [-0.25, -0.2) is 12.7 Å². The number of sulfonamides is 1. The molecule has 7 nitrogen and oxygen atoms in total. The van der Waals surface area contributed by atoms with Crippen LogP contribution in [0.2, 0.25) is 0 Å². The summed E-state index contributed by atoms with van der Waals surface area (Å²) >= 11 is 0. The van der Waals surface area contributed by atoms with Gasteiger partial charge >= 0.3 is 0 Å². The van der Waals surface area contributed by atoms with Crippen molar-refractivity contribution in [3.63, 3.8) is 0 Å². The van der Waals surface area contributed by atoms with Crippen LogP contribution in [0.4, 0.5) is 11.4 Å². The maximum Gasteiger partial charge on any atom is 0.244 e. The molecular formula is C13H22N4O3S. The van der Waals surface area contributed by atoms with Gasteiger partial charge in [-0.15, -0.1) is 0 Å². The number of hydrogen-bond donors (Lipinski definition) is 2. The monoisotopic (exact) mass is 314 g/mol. The third-order valence-electron chi connectivity index (χ3n) is 2.98. The smallest absolute Gasteiger partial charge is 0.244 e. The molecule has 0 aliphatic carbocycles. The van der Waals surface area contributed by atoms with E-state index in [-0.39, 0.29) is 16.5 Å². The summed E-state index contributed by atoms with van der Waals surface area (Å²) in [6.45, 7) is 0.382. The van der Waals surface area contributed by atoms with Gasteiger partial charge in [0.1, 0.15) is 4.90 Å². The molecule has 1 rings (SSSR count). The van der Waals surface area contributed by atoms with Gasteiger partial charge in [-0.05, 0) is 12.1 Å². The van der Waals surface area contributed by atoms with Crippen LogP contribution in [0.1, 0.15) is 6.42 Å². The van der Waals surface area contributed by atoms with Gasteiger partial charge in [0.15, 0.2) is 0 Å². The molecule has 0 heterocycles. The van der Waals surface area contributed by atoms with E-state index in [0.29, 0.717) is 18.7 Å². The zero-order valence-corrected chi connectivity index (χ0v) is 13.6. The molecule has 1 aromatic carbocycles. The fourth-order valence-electron chi connectivity index (χ4n) is 1.65. The Morgan fingerprint density at radius 1 is 1.24 bits per heavy atom. The number of anilines is 2. The number of para-hydroxylation sites is 1. The number of carbonyl (C=O) groups is 1. The number of nitrogen functional groups attached to an aromatic ring is 1. The van der Waals surface area contributed by atoms with Crippen molar-refractivity contribution in [1.82, 2.24) is 9.21 Å². The number of nitrogens with zero attached hydrogens (tertiary/aromatic N) is 2. The first kappa shape index (κ1) is 17.3. The predicted molar refractivity (Wildman–Crippen MR) is 83.5 cm³/mol. The average molecular weight is 314 g/mol. The number of nitrogens with two attached hydrogens (primary N) is 1. The van der Waals surface area contributed by atoms with Crippen LogP contribution in [0.5, 0.6) is 0 Å². The molecule has 21 heavy (non-hydrogen) atoms. The van der Waals surface area contributed by atoms with E-state index < -0.39 is 10.0 Å². The molecule has 0 aliphatic rings. The molecular weight excluding hydrogens is 292 g/mol. The lowest BCUT2D eigenvalue weighted by Crippen LogP contribution is -2.25. The van der Waals surface area contributed by atoms with Crippen molar-refractivity contribution < 1.29 is 13.2 Å². The van der Waals surface area contributed by atoms with E-state index in [0.717, 1.165) is 4.31 Å². The lowest BCUT2D eigenvalue weighted by atomic mass is 10.2. The Morgan fingerprint density at radius 3 is 2.38 bits per heavy atom. The maximum absolute atomic E-state index is 12.1. The second kappa shape index (κ2) is 6.77. The van der Waals surface area contributed by atoms with Crippen molar-refractivity contribution in [2.45, 2.75) is 11.3 Å². The summed E-state index contributed by atoms with van der Waals surface area (Å²) in [7, 11) is 2.67. The lowest BCUT2D eigenvalue weighted by molar-refractivity contribution is -0.128. The first-order valence-electron chi connectivity index (χ1n) is 6.43. The van der Waals surface area contributed by atoms with Crippen molar-refractivity contribution in [3.05, 3.63) is 18.2 Å². The van der Waals surface area contributed by atoms with Gasteiger partial charge in [0.05, 0.1) is 11.4 Å². The zero-order valence-electron chi connectivity index (χ0n) is 12.8. The highest BCUT2D eigenvalue weighted by Gasteiger charge is 2.21. The highest BCUT2D eigenvalue weighted by Crippen LogP contribution is 2.28. The molecule has 0 saturated carbocycles. The Morgan fingerprint density at radius 2 is 1.86 bits per heavy atom. The van der Waals surface area contributed by atoms with E-state index in [4.69, 9.17) is 5.73 Å². The van der Waals surface area contributed by atoms with Crippen LogP contribution in [-0.2, 0) is 14.8 Å². The van der Waals surface area contributed by atoms with Crippen LogP contribution < -0.4 is 11.1 Å². The summed E-state index contributed by atoms with van der Waals surface area (Å²) in [5.41, 5.74) is 6.58. The summed E-state index contributed by atoms with van der Waals surface area (Å²) < 4.78 is 25.4. The Bertz CT molecular complexity index is 612. The number of carbonyl (C=O) groups excluding carboxylic acids is 1. The second-order valence-corrected chi connectivity index (χ2v) is 7.09. The summed E-state index contributed by atoms with van der Waals surface area (Å²) in [4.78, 5) is 13.0. The van der Waals surface area contributed by atoms with Gasteiger partial charge in [0.2, 0.25) is 15.9 Å². The first-order valence-corrected chi connectivity index (χ1v) is 7.87. The molecule has 0 unspecified atom stereocenters. The van der Waals surface area contributed by atoms with E-state index in [9.17, 15) is 13.2 Å². The molecule has 0 aliphatic heterocycles. The minimum Gasteiger partial charge on any atom is -0.396 e. The highest BCUT2D eigenvalue weighted by atomic mass is 32.2. The molecule has 0 fully saturated rings. The standard InChI is InChI=1S/C13H22N4O3S/c1-16(2)12(18)8-9-15-10-6-5-7-11(13(10)14)21(19,20)17(3)4/h5-7,15H,8-9,14H2,1-4H3. The minimum absolute atomic E-state index is 0.0156. The Kier molecular flexibility index (Phi) is 5.56. The Hall–Kier alpha value is -1.80. The molecule has 0 radical (unpaired) electrons. The summed E-state index contributed by atoms with van der Waals surface area (Å²) in [6.07, 6.45) is 0.303. The molecule has 0 atom stereocenters. The number of rotatable bonds is 6. The summed E-state index contributed by atoms with van der Waals surface area (Å²) in [5.74, 6) is -0.0156. The Balaban J connectivity index is 2.90. The highest BCUT2D eigenvalue weighted by molar-refractivity contribution is 7.89. The molecule has 3 N–H and O–H groups in total. The predicted octanol–water partition coefficient (Wildman–Crippen LogP) is 0.409.